The summed E-state index contributed by atoms with van der Waals surface area (Å²) >= 11 is 1.58. The summed E-state index contributed by atoms with van der Waals surface area (Å²) in [6, 6.07) is 1.70. The average Bonchev–Trinajstić information content (AvgIpc) is 3.18. The normalized spacial score (nSPS) is 21.0. The van der Waals surface area contributed by atoms with Crippen molar-refractivity contribution in [2.45, 2.75) is 45.3 Å². The van der Waals surface area contributed by atoms with Gasteiger partial charge in [-0.15, -0.1) is 0 Å². The van der Waals surface area contributed by atoms with Crippen molar-refractivity contribution in [1.82, 2.24) is 20.4 Å². The Kier molecular flexibility index (Phi) is 4.47. The maximum Gasteiger partial charge on any atom is 0.255 e. The highest BCUT2D eigenvalue weighted by molar-refractivity contribution is 7.08. The Labute approximate surface area is 138 Å². The lowest BCUT2D eigenvalue weighted by Crippen LogP contribution is -2.50. The van der Waals surface area contributed by atoms with Crippen LogP contribution in [0, 0.1) is 6.92 Å². The Balaban J connectivity index is 1.78. The molecular weight excluding hydrogens is 312 g/mol. The monoisotopic (exact) mass is 332 g/mol. The van der Waals surface area contributed by atoms with Crippen LogP contribution >= 0.6 is 11.3 Å². The van der Waals surface area contributed by atoms with Crippen LogP contribution in [0.1, 0.15) is 47.4 Å². The zero-order chi connectivity index (χ0) is 16.4. The third-order valence-electron chi connectivity index (χ3n) is 4.14. The molecule has 122 valence electrons. The molecule has 2 N–H and O–H groups in total. The number of carbonyl (C=O) groups is 2. The highest BCUT2D eigenvalue weighted by Gasteiger charge is 2.32. The van der Waals surface area contributed by atoms with E-state index >= 15 is 0 Å². The van der Waals surface area contributed by atoms with E-state index < -0.39 is 0 Å². The van der Waals surface area contributed by atoms with Crippen LogP contribution in [0.3, 0.4) is 0 Å². The third-order valence-corrected chi connectivity index (χ3v) is 4.84. The van der Waals surface area contributed by atoms with Crippen LogP contribution in [-0.2, 0) is 11.3 Å². The second-order valence-corrected chi connectivity index (χ2v) is 6.48. The minimum absolute atomic E-state index is 0.0293. The Bertz CT molecular complexity index is 708. The fraction of sp³-hybridized carbons (Fsp3) is 0.438. The second-order valence-electron chi connectivity index (χ2n) is 5.70. The largest absolute Gasteiger partial charge is 0.347 e. The predicted molar refractivity (Wildman–Crippen MR) is 88.3 cm³/mol. The molecule has 0 saturated carbocycles. The zero-order valence-electron chi connectivity index (χ0n) is 13.2. The molecule has 0 aliphatic carbocycles. The van der Waals surface area contributed by atoms with E-state index in [1.165, 1.54) is 0 Å². The van der Waals surface area contributed by atoms with Crippen molar-refractivity contribution in [3.63, 3.8) is 0 Å². The molecule has 0 unspecified atom stereocenters. The SMILES string of the molecule is CCn1cc(C(=O)N[C@@H]2CCC(=O)N[C@H]2c2ccsc2)c(C)n1. The number of nitrogens with one attached hydrogen (secondary N) is 2. The highest BCUT2D eigenvalue weighted by Crippen LogP contribution is 2.26. The van der Waals surface area contributed by atoms with E-state index in [0.29, 0.717) is 18.4 Å². The van der Waals surface area contributed by atoms with E-state index in [1.54, 1.807) is 22.2 Å². The molecular formula is C16H20N4O2S. The summed E-state index contributed by atoms with van der Waals surface area (Å²) in [5.41, 5.74) is 2.35. The van der Waals surface area contributed by atoms with E-state index in [1.807, 2.05) is 30.7 Å². The van der Waals surface area contributed by atoms with Gasteiger partial charge in [0.15, 0.2) is 0 Å². The number of rotatable bonds is 4. The van der Waals surface area contributed by atoms with Crippen molar-refractivity contribution in [2.24, 2.45) is 0 Å². The number of aromatic nitrogens is 2. The number of thiophene rings is 1. The first-order chi connectivity index (χ1) is 11.1. The molecule has 1 fully saturated rings. The van der Waals surface area contributed by atoms with E-state index in [9.17, 15) is 9.59 Å². The van der Waals surface area contributed by atoms with Crippen LogP contribution < -0.4 is 10.6 Å². The molecule has 23 heavy (non-hydrogen) atoms. The van der Waals surface area contributed by atoms with Gasteiger partial charge in [0.25, 0.3) is 5.91 Å². The molecule has 2 aromatic rings. The fourth-order valence-corrected chi connectivity index (χ4v) is 3.57. The fourth-order valence-electron chi connectivity index (χ4n) is 2.87. The standard InChI is InChI=1S/C16H20N4O2S/c1-3-20-8-12(10(2)19-20)16(22)17-13-4-5-14(21)18-15(13)11-6-7-23-9-11/h6-9,13,15H,3-5H2,1-2H3,(H,17,22)(H,18,21)/t13-,15+/m1/s1. The van der Waals surface area contributed by atoms with Crippen LogP contribution in [0.4, 0.5) is 0 Å². The molecule has 2 atom stereocenters. The van der Waals surface area contributed by atoms with Gasteiger partial charge in [0.1, 0.15) is 0 Å². The maximum absolute atomic E-state index is 12.6. The Morgan fingerprint density at radius 3 is 3.04 bits per heavy atom. The minimum Gasteiger partial charge on any atom is -0.347 e. The van der Waals surface area contributed by atoms with Crippen molar-refractivity contribution in [3.8, 4) is 0 Å². The molecule has 1 saturated heterocycles. The number of carbonyl (C=O) groups excluding carboxylic acids is 2. The Morgan fingerprint density at radius 2 is 2.39 bits per heavy atom. The zero-order valence-corrected chi connectivity index (χ0v) is 14.0. The third kappa shape index (κ3) is 3.29. The lowest BCUT2D eigenvalue weighted by atomic mass is 9.93. The summed E-state index contributed by atoms with van der Waals surface area (Å²) in [5, 5.41) is 14.4. The highest BCUT2D eigenvalue weighted by atomic mass is 32.1. The summed E-state index contributed by atoms with van der Waals surface area (Å²) in [5.74, 6) is -0.106. The summed E-state index contributed by atoms with van der Waals surface area (Å²) < 4.78 is 1.75. The van der Waals surface area contributed by atoms with Gasteiger partial charge in [-0.25, -0.2) is 0 Å². The second kappa shape index (κ2) is 6.54. The topological polar surface area (TPSA) is 76.0 Å². The predicted octanol–water partition coefficient (Wildman–Crippen LogP) is 2.02. The Morgan fingerprint density at radius 1 is 1.57 bits per heavy atom. The summed E-state index contributed by atoms with van der Waals surface area (Å²) in [4.78, 5) is 24.3. The van der Waals surface area contributed by atoms with Gasteiger partial charge in [-0.3, -0.25) is 14.3 Å². The van der Waals surface area contributed by atoms with Gasteiger partial charge in [0.05, 0.1) is 23.3 Å². The molecule has 0 aromatic carbocycles. The van der Waals surface area contributed by atoms with Gasteiger partial charge in [-0.05, 0) is 42.7 Å². The first kappa shape index (κ1) is 15.7. The number of piperidine rings is 1. The molecule has 2 amide bonds. The van der Waals surface area contributed by atoms with Gasteiger partial charge in [-0.1, -0.05) is 0 Å². The molecule has 0 spiro atoms. The molecule has 1 aliphatic heterocycles. The van der Waals surface area contributed by atoms with Gasteiger partial charge >= 0.3 is 0 Å². The lowest BCUT2D eigenvalue weighted by Gasteiger charge is -2.32. The summed E-state index contributed by atoms with van der Waals surface area (Å²) in [6.45, 7) is 4.54. The summed E-state index contributed by atoms with van der Waals surface area (Å²) in [7, 11) is 0. The van der Waals surface area contributed by atoms with Crippen molar-refractivity contribution in [3.05, 3.63) is 39.8 Å². The van der Waals surface area contributed by atoms with Crippen molar-refractivity contribution in [1.29, 1.82) is 0 Å². The summed E-state index contributed by atoms with van der Waals surface area (Å²) in [6.07, 6.45) is 2.84. The maximum atomic E-state index is 12.6. The smallest absolute Gasteiger partial charge is 0.255 e. The van der Waals surface area contributed by atoms with E-state index in [4.69, 9.17) is 0 Å². The first-order valence-electron chi connectivity index (χ1n) is 7.75. The van der Waals surface area contributed by atoms with Crippen LogP contribution in [0.15, 0.2) is 23.0 Å². The molecule has 2 aromatic heterocycles. The molecule has 0 radical (unpaired) electrons. The quantitative estimate of drug-likeness (QED) is 0.899. The van der Waals surface area contributed by atoms with Gasteiger partial charge < -0.3 is 10.6 Å². The number of amides is 2. The van der Waals surface area contributed by atoms with Crippen molar-refractivity contribution >= 4 is 23.2 Å². The molecule has 1 aliphatic rings. The minimum atomic E-state index is -0.173. The number of nitrogens with zero attached hydrogens (tertiary/aromatic N) is 2. The molecule has 0 bridgehead atoms. The first-order valence-corrected chi connectivity index (χ1v) is 8.69. The molecule has 7 heteroatoms. The van der Waals surface area contributed by atoms with E-state index in [2.05, 4.69) is 15.7 Å². The average molecular weight is 332 g/mol. The number of hydrogen-bond acceptors (Lipinski definition) is 4. The van der Waals surface area contributed by atoms with Gasteiger partial charge in [0, 0.05) is 19.2 Å². The molecule has 3 heterocycles. The Hall–Kier alpha value is -2.15. The van der Waals surface area contributed by atoms with Crippen LogP contribution in [0.25, 0.3) is 0 Å². The molecule has 3 rings (SSSR count). The van der Waals surface area contributed by atoms with Gasteiger partial charge in [0.2, 0.25) is 5.91 Å². The van der Waals surface area contributed by atoms with Crippen molar-refractivity contribution < 1.29 is 9.59 Å². The lowest BCUT2D eigenvalue weighted by molar-refractivity contribution is -0.123. The van der Waals surface area contributed by atoms with Crippen LogP contribution in [0.2, 0.25) is 0 Å². The van der Waals surface area contributed by atoms with Crippen LogP contribution in [0.5, 0.6) is 0 Å². The van der Waals surface area contributed by atoms with E-state index in [-0.39, 0.29) is 23.9 Å². The van der Waals surface area contributed by atoms with Crippen LogP contribution in [-0.4, -0.2) is 27.6 Å². The van der Waals surface area contributed by atoms with E-state index in [0.717, 1.165) is 17.8 Å². The van der Waals surface area contributed by atoms with Crippen molar-refractivity contribution in [2.75, 3.05) is 0 Å². The number of aryl methyl sites for hydroxylation is 2. The van der Waals surface area contributed by atoms with Gasteiger partial charge in [-0.2, -0.15) is 16.4 Å². The molecule has 6 nitrogen and oxygen atoms in total. The number of hydrogen-bond donors (Lipinski definition) is 2.